The fourth-order valence-corrected chi connectivity index (χ4v) is 3.27. The molecule has 0 saturated heterocycles. The van der Waals surface area contributed by atoms with Gasteiger partial charge in [0, 0.05) is 0 Å². The van der Waals surface area contributed by atoms with E-state index in [2.05, 4.69) is 27.2 Å². The first kappa shape index (κ1) is 8.12. The number of anilines is 1. The maximum atomic E-state index is 5.43. The van der Waals surface area contributed by atoms with Crippen molar-refractivity contribution in [3.63, 3.8) is 0 Å². The second-order valence-corrected chi connectivity index (χ2v) is 5.36. The van der Waals surface area contributed by atoms with Crippen molar-refractivity contribution in [1.82, 2.24) is 17.3 Å². The van der Waals surface area contributed by atoms with Crippen LogP contribution in [0.15, 0.2) is 6.33 Å². The van der Waals surface area contributed by atoms with Gasteiger partial charge in [0.15, 0.2) is 0 Å². The van der Waals surface area contributed by atoms with Gasteiger partial charge in [-0.05, 0) is 0 Å². The third-order valence-corrected chi connectivity index (χ3v) is 3.65. The molecule has 0 aliphatic rings. The Hall–Kier alpha value is -0.495. The predicted molar refractivity (Wildman–Crippen MR) is 42.7 cm³/mol. The number of fused-ring (bicyclic) bond motifs is 1. The number of imidazole rings is 1. The summed E-state index contributed by atoms with van der Waals surface area (Å²) in [7, 11) is 0. The van der Waals surface area contributed by atoms with E-state index in [1.807, 2.05) is 2.33 Å². The van der Waals surface area contributed by atoms with Crippen molar-refractivity contribution in [2.24, 2.45) is 0 Å². The Morgan fingerprint density at radius 3 is 3.17 bits per heavy atom. The van der Waals surface area contributed by atoms with Crippen LogP contribution in [0.4, 0.5) is 5.95 Å². The number of aromatic nitrogens is 4. The van der Waals surface area contributed by atoms with Gasteiger partial charge in [-0.1, -0.05) is 0 Å². The summed E-state index contributed by atoms with van der Waals surface area (Å²) in [4.78, 5) is 12.0. The average Bonchev–Trinajstić information content (AvgIpc) is 2.31. The number of hydrogen-bond acceptors (Lipinski definition) is 3. The summed E-state index contributed by atoms with van der Waals surface area (Å²) in [6, 6.07) is 0. The van der Waals surface area contributed by atoms with Crippen LogP contribution in [0.2, 0.25) is 0 Å². The van der Waals surface area contributed by atoms with Gasteiger partial charge in [-0.25, -0.2) is 0 Å². The molecule has 12 heavy (non-hydrogen) atoms. The van der Waals surface area contributed by atoms with Crippen molar-refractivity contribution < 1.29 is 26.4 Å². The fourth-order valence-electron chi connectivity index (χ4n) is 0.977. The van der Waals surface area contributed by atoms with Crippen LogP contribution in [0.25, 0.3) is 11.2 Å². The molecule has 0 aromatic carbocycles. The number of nitrogens with zero attached hydrogens (tertiary/aromatic N) is 4. The van der Waals surface area contributed by atoms with Gasteiger partial charge in [0.2, 0.25) is 0 Å². The molecule has 0 radical (unpaired) electrons. The molecule has 2 rings (SSSR count). The SMILES string of the molecule is Nc1nc(=[SH+])c2c(nc[n]2[Hg])[n-]1. The molecule has 0 fully saturated rings. The van der Waals surface area contributed by atoms with E-state index in [9.17, 15) is 0 Å². The Balaban J connectivity index is 3.03. The van der Waals surface area contributed by atoms with Gasteiger partial charge in [-0.2, -0.15) is 0 Å². The summed E-state index contributed by atoms with van der Waals surface area (Å²) in [6.07, 6.45) is 1.74. The average molecular weight is 367 g/mol. The van der Waals surface area contributed by atoms with E-state index in [0.29, 0.717) is 36.7 Å². The van der Waals surface area contributed by atoms with Crippen LogP contribution >= 0.6 is 0 Å². The van der Waals surface area contributed by atoms with Gasteiger partial charge >= 0.3 is 89.7 Å². The molecule has 0 spiro atoms. The molecule has 2 aromatic heterocycles. The second kappa shape index (κ2) is 2.77. The van der Waals surface area contributed by atoms with Crippen molar-refractivity contribution >= 4 is 29.3 Å². The summed E-state index contributed by atoms with van der Waals surface area (Å²) in [5.74, 6) is 0.222. The molecule has 0 unspecified atom stereocenters. The summed E-state index contributed by atoms with van der Waals surface area (Å²) in [6.45, 7) is 0. The Kier molecular flexibility index (Phi) is 1.88. The first-order chi connectivity index (χ1) is 5.68. The van der Waals surface area contributed by atoms with Crippen molar-refractivity contribution in [2.75, 3.05) is 5.73 Å². The Morgan fingerprint density at radius 2 is 2.42 bits per heavy atom. The summed E-state index contributed by atoms with van der Waals surface area (Å²) in [5, 5.41) is 0. The Labute approximate surface area is 89.4 Å². The summed E-state index contributed by atoms with van der Waals surface area (Å²) < 4.78 is 2.60. The van der Waals surface area contributed by atoms with E-state index in [1.54, 1.807) is 6.33 Å². The van der Waals surface area contributed by atoms with Crippen molar-refractivity contribution in [1.29, 1.82) is 0 Å². The quantitative estimate of drug-likeness (QED) is 0.284. The van der Waals surface area contributed by atoms with E-state index in [-0.39, 0.29) is 5.95 Å². The third kappa shape index (κ3) is 1.14. The van der Waals surface area contributed by atoms with Gasteiger partial charge in [-0.3, -0.25) is 0 Å². The number of rotatable bonds is 0. The Bertz CT molecular complexity index is 486. The molecule has 0 aliphatic heterocycles. The minimum atomic E-state index is 0.222. The molecule has 0 saturated carbocycles. The zero-order valence-electron chi connectivity index (χ0n) is 6.10. The van der Waals surface area contributed by atoms with Gasteiger partial charge in [-0.15, -0.1) is 0 Å². The van der Waals surface area contributed by atoms with Crippen LogP contribution in [0.3, 0.4) is 0 Å². The normalized spacial score (nSPS) is 10.8. The third-order valence-electron chi connectivity index (χ3n) is 1.47. The zero-order valence-corrected chi connectivity index (χ0v) is 12.5. The first-order valence-electron chi connectivity index (χ1n) is 3.19. The van der Waals surface area contributed by atoms with Crippen molar-refractivity contribution in [3.05, 3.63) is 11.0 Å². The molecular formula is C5H4HgN5S. The van der Waals surface area contributed by atoms with E-state index in [1.165, 1.54) is 0 Å². The topological polar surface area (TPSA) is 70.8 Å². The molecule has 0 atom stereocenters. The van der Waals surface area contributed by atoms with Gasteiger partial charge in [0.1, 0.15) is 0 Å². The van der Waals surface area contributed by atoms with E-state index in [4.69, 9.17) is 5.73 Å². The second-order valence-electron chi connectivity index (χ2n) is 2.29. The monoisotopic (exact) mass is 368 g/mol. The van der Waals surface area contributed by atoms with E-state index >= 15 is 0 Å². The van der Waals surface area contributed by atoms with Crippen LogP contribution in [-0.4, -0.2) is 12.3 Å². The van der Waals surface area contributed by atoms with Crippen LogP contribution in [0, 0.1) is 4.64 Å². The molecule has 57 valence electrons. The maximum absolute atomic E-state index is 5.43. The number of hydrogen-bond donors (Lipinski definition) is 1. The number of thiol groups is 1. The first-order valence-corrected chi connectivity index (χ1v) is 6.09. The molecule has 0 bridgehead atoms. The van der Waals surface area contributed by atoms with Crippen LogP contribution in [0.1, 0.15) is 0 Å². The fraction of sp³-hybridized carbons (Fsp3) is 0. The van der Waals surface area contributed by atoms with Crippen LogP contribution in [-0.2, 0) is 38.6 Å². The van der Waals surface area contributed by atoms with Gasteiger partial charge in [0.05, 0.1) is 0 Å². The molecule has 0 amide bonds. The molecular weight excluding hydrogens is 363 g/mol. The summed E-state index contributed by atoms with van der Waals surface area (Å²) >= 11 is 4.63. The van der Waals surface area contributed by atoms with E-state index < -0.39 is 0 Å². The molecule has 2 heterocycles. The van der Waals surface area contributed by atoms with Crippen LogP contribution in [0.5, 0.6) is 0 Å². The Morgan fingerprint density at radius 1 is 1.67 bits per heavy atom. The molecule has 2 N–H and O–H groups in total. The molecule has 7 heteroatoms. The van der Waals surface area contributed by atoms with Crippen molar-refractivity contribution in [2.45, 2.75) is 0 Å². The molecule has 2 aromatic rings. The predicted octanol–water partition coefficient (Wildman–Crippen LogP) is -0.908. The van der Waals surface area contributed by atoms with Gasteiger partial charge < -0.3 is 0 Å². The summed E-state index contributed by atoms with van der Waals surface area (Å²) in [5.41, 5.74) is 6.94. The minimum absolute atomic E-state index is 0.222. The molecule has 5 nitrogen and oxygen atoms in total. The standard InChI is InChI=1S/C5H4N5S.Hg/c6-5-9-3-2(4(11)10-5)7-1-8-3;/h1H,(H3-,6,7,8,9,10,11);/q-1;+1. The number of nitrogen functional groups attached to an aromatic ring is 1. The number of nitrogens with two attached hydrogens (primary N) is 1. The van der Waals surface area contributed by atoms with E-state index in [0.717, 1.165) is 5.52 Å². The van der Waals surface area contributed by atoms with Gasteiger partial charge in [0.25, 0.3) is 0 Å². The molecule has 0 aliphatic carbocycles. The van der Waals surface area contributed by atoms with Crippen LogP contribution < -0.4 is 10.7 Å². The zero-order chi connectivity index (χ0) is 8.72. The van der Waals surface area contributed by atoms with Crippen molar-refractivity contribution in [3.8, 4) is 0 Å².